The molecule has 3 saturated heterocycles. The van der Waals surface area contributed by atoms with Crippen molar-refractivity contribution in [3.63, 3.8) is 0 Å². The van der Waals surface area contributed by atoms with E-state index in [1.807, 2.05) is 81.9 Å². The standard InChI is InChI=1S/C96H128N18O19/c1-59-14-9-8-10-15-60(2)78(125-6)50-71-16-13-18-77(131-71)85(119)92(122)113-30-12-11-17-74(113)93(123)132-72(49-75(115)61(3)45-63(5)84(118)86(120)83(117)62(4)44-59)23-20-64-21-24-76(79(47-64)126-7)133-96(124)105-53-66-51-102-94(103-52-66)110-32-34-111(35-33-110)95-104-55-73(87(97)108-95)91(121)100-29-37-128-39-41-130-43-42-129-40-38-127-36-27-80(116)112-31-26-67-46-65(19-22-69(67)57-112)56-114-90-81(88(98)106-58-107-90)82(109-114)70-48-68-25-28-99-89(68)101-54-70/h8-10,14-15,19,22,25,28,45-46,48,51-52,54-55,58-59,61-62,64,71-72,74,76-79,84,86,118,120H,11-13,16-18,20-21,23-24,26-27,29-44,47,49-50,53,56-57H2,1-7H3,(H,99,101)(H,100,121)(H,105,124)(H2,97,104,108)(H2,98,106,107)/b10-8+,14-9+,60-15+,63-45+/t59-,61-,62-,64-,71?,72-,74+,76-,77?,78+,79-,84-,86+/m1/s1. The number of fused-ring (bicyclic) bond motifs is 6. The van der Waals surface area contributed by atoms with Crippen molar-refractivity contribution < 1.29 is 91.2 Å². The Hall–Kier alpha value is -11.4. The Kier molecular flexibility index (Phi) is 36.1. The van der Waals surface area contributed by atoms with Crippen LogP contribution in [0, 0.1) is 23.7 Å². The molecule has 1 saturated carbocycles. The number of carbonyl (C=O) groups is 8. The second-order valence-corrected chi connectivity index (χ2v) is 35.4. The number of methoxy groups -OCH3 is 2. The number of amides is 4. The smallest absolute Gasteiger partial charge is 0.407 e. The number of pyridine rings is 1. The normalized spacial score (nSPS) is 25.5. The summed E-state index contributed by atoms with van der Waals surface area (Å²) in [5.41, 5.74) is 20.9. The number of rotatable bonds is 29. The van der Waals surface area contributed by atoms with Crippen molar-refractivity contribution in [2.75, 3.05) is 134 Å². The third-order valence-corrected chi connectivity index (χ3v) is 25.8. The lowest BCUT2D eigenvalue weighted by Gasteiger charge is -2.37. The van der Waals surface area contributed by atoms with Crippen LogP contribution in [0.2, 0.25) is 0 Å². The number of anilines is 4. The number of alkyl carbamates (subject to hydrolysis) is 1. The summed E-state index contributed by atoms with van der Waals surface area (Å²) in [5, 5.41) is 34.7. The first-order valence-corrected chi connectivity index (χ1v) is 46.5. The lowest BCUT2D eigenvalue weighted by molar-refractivity contribution is -0.167. The van der Waals surface area contributed by atoms with Gasteiger partial charge in [0.25, 0.3) is 11.8 Å². The largest absolute Gasteiger partial charge is 0.460 e. The molecule has 716 valence electrons. The number of allylic oxidation sites excluding steroid dienone is 6. The minimum absolute atomic E-state index is 0.0115. The van der Waals surface area contributed by atoms with Gasteiger partial charge in [-0.2, -0.15) is 10.1 Å². The first-order valence-electron chi connectivity index (χ1n) is 46.5. The van der Waals surface area contributed by atoms with Crippen LogP contribution in [-0.4, -0.2) is 285 Å². The van der Waals surface area contributed by atoms with E-state index in [2.05, 4.69) is 68.7 Å². The van der Waals surface area contributed by atoms with Gasteiger partial charge in [-0.05, 0) is 149 Å². The molecule has 7 aromatic rings. The number of cyclic esters (lactones) is 1. The zero-order valence-corrected chi connectivity index (χ0v) is 77.2. The number of piperidine rings is 1. The number of aromatic nitrogens is 10. The summed E-state index contributed by atoms with van der Waals surface area (Å²) in [6.07, 6.45) is 19.9. The number of hydrogen-bond acceptors (Lipinski definition) is 31. The van der Waals surface area contributed by atoms with E-state index in [0.29, 0.717) is 196 Å². The van der Waals surface area contributed by atoms with Gasteiger partial charge in [-0.1, -0.05) is 75.4 Å². The number of ketones is 3. The minimum Gasteiger partial charge on any atom is -0.460 e. The van der Waals surface area contributed by atoms with Gasteiger partial charge in [0.2, 0.25) is 23.6 Å². The Labute approximate surface area is 774 Å². The molecule has 11 heterocycles. The number of carbonyl (C=O) groups excluding carboxylic acids is 8. The quantitative estimate of drug-likeness (QED) is 0.0100. The summed E-state index contributed by atoms with van der Waals surface area (Å²) < 4.78 is 55.0. The van der Waals surface area contributed by atoms with Crippen LogP contribution in [0.4, 0.5) is 28.3 Å². The van der Waals surface area contributed by atoms with Gasteiger partial charge in [0.05, 0.1) is 95.1 Å². The van der Waals surface area contributed by atoms with Gasteiger partial charge in [0, 0.05) is 145 Å². The Bertz CT molecular complexity index is 5270. The number of aliphatic hydroxyl groups excluding tert-OH is 2. The Balaban J connectivity index is 0.485. The van der Waals surface area contributed by atoms with E-state index >= 15 is 0 Å². The third-order valence-electron chi connectivity index (χ3n) is 25.8. The van der Waals surface area contributed by atoms with Gasteiger partial charge in [-0.15, -0.1) is 0 Å². The number of aromatic amines is 1. The molecule has 37 heteroatoms. The molecule has 37 nitrogen and oxygen atoms in total. The molecule has 6 aliphatic rings. The topological polar surface area (TPSA) is 473 Å². The van der Waals surface area contributed by atoms with Crippen molar-refractivity contribution in [1.82, 2.24) is 70.1 Å². The molecule has 4 amide bonds. The Morgan fingerprint density at radius 3 is 2.17 bits per heavy atom. The van der Waals surface area contributed by atoms with E-state index in [9.17, 15) is 48.6 Å². The molecule has 9 N–H and O–H groups in total. The maximum absolute atomic E-state index is 14.6. The highest BCUT2D eigenvalue weighted by atomic mass is 16.6. The summed E-state index contributed by atoms with van der Waals surface area (Å²) in [7, 11) is 3.16. The lowest BCUT2D eigenvalue weighted by atomic mass is 9.81. The van der Waals surface area contributed by atoms with Gasteiger partial charge >= 0.3 is 12.1 Å². The van der Waals surface area contributed by atoms with E-state index in [4.69, 9.17) is 59.2 Å². The zero-order chi connectivity index (χ0) is 94.0. The first-order chi connectivity index (χ1) is 64.4. The summed E-state index contributed by atoms with van der Waals surface area (Å²) in [6, 6.07) is 9.22. The summed E-state index contributed by atoms with van der Waals surface area (Å²) in [6.45, 7) is 15.5. The van der Waals surface area contributed by atoms with Crippen molar-refractivity contribution in [3.8, 4) is 11.3 Å². The number of nitrogen functional groups attached to an aromatic ring is 2. The maximum atomic E-state index is 14.6. The number of esters is 1. The number of nitrogens with two attached hydrogens (primary N) is 2. The molecule has 1 aromatic carbocycles. The minimum atomic E-state index is -1.74. The van der Waals surface area contributed by atoms with Crippen LogP contribution in [0.3, 0.4) is 0 Å². The number of Topliss-reactive ketones (excluding diaryl/α,β-unsaturated/α-hetero) is 3. The van der Waals surface area contributed by atoms with Crippen molar-refractivity contribution >= 4 is 92.7 Å². The molecule has 0 radical (unpaired) electrons. The van der Waals surface area contributed by atoms with Gasteiger partial charge in [-0.3, -0.25) is 28.8 Å². The number of aliphatic hydroxyl groups is 2. The number of piperazine rings is 1. The fraction of sp³-hybridized carbons (Fsp3) is 0.562. The number of hydrogen-bond donors (Lipinski definition) is 7. The third kappa shape index (κ3) is 27.0. The monoisotopic (exact) mass is 1840 g/mol. The summed E-state index contributed by atoms with van der Waals surface area (Å²) in [5.74, 6) is -3.80. The number of nitrogens with zero attached hydrogens (tertiary/aromatic N) is 13. The van der Waals surface area contributed by atoms with E-state index in [-0.39, 0.29) is 111 Å². The van der Waals surface area contributed by atoms with E-state index in [1.54, 1.807) is 53.6 Å². The lowest BCUT2D eigenvalue weighted by Crippen LogP contribution is -2.54. The Morgan fingerprint density at radius 2 is 1.42 bits per heavy atom. The highest BCUT2D eigenvalue weighted by Gasteiger charge is 2.43. The van der Waals surface area contributed by atoms with E-state index in [1.165, 1.54) is 29.1 Å². The first kappa shape index (κ1) is 99.1. The average Bonchev–Trinajstić information content (AvgIpc) is 1.61. The van der Waals surface area contributed by atoms with Crippen LogP contribution in [0.5, 0.6) is 0 Å². The number of ether oxygens (including phenoxy) is 9. The molecule has 2 unspecified atom stereocenters. The highest BCUT2D eigenvalue weighted by molar-refractivity contribution is 6.38. The van der Waals surface area contributed by atoms with Crippen molar-refractivity contribution in [2.45, 2.75) is 212 Å². The van der Waals surface area contributed by atoms with Gasteiger partial charge in [-0.25, -0.2) is 44.2 Å². The van der Waals surface area contributed by atoms with Gasteiger partial charge in [0.1, 0.15) is 71.6 Å². The van der Waals surface area contributed by atoms with Gasteiger partial charge in [0.15, 0.2) is 11.4 Å². The van der Waals surface area contributed by atoms with Crippen molar-refractivity contribution in [2.24, 2.45) is 23.7 Å². The van der Waals surface area contributed by atoms with Crippen LogP contribution in [0.25, 0.3) is 33.3 Å². The van der Waals surface area contributed by atoms with Crippen LogP contribution in [-0.2, 0) is 97.5 Å². The molecular formula is C96H128N18O19. The van der Waals surface area contributed by atoms with E-state index < -0.39 is 89.9 Å². The molecule has 4 fully saturated rings. The van der Waals surface area contributed by atoms with Crippen LogP contribution in [0.15, 0.2) is 115 Å². The molecule has 6 aromatic heterocycles. The van der Waals surface area contributed by atoms with Crippen molar-refractivity contribution in [1.29, 1.82) is 0 Å². The Morgan fingerprint density at radius 1 is 0.677 bits per heavy atom. The number of benzene rings is 1. The molecular weight excluding hydrogens is 1710 g/mol. The second kappa shape index (κ2) is 48.5. The molecule has 0 spiro atoms. The fourth-order valence-electron chi connectivity index (χ4n) is 18.1. The predicted molar refractivity (Wildman–Crippen MR) is 494 cm³/mol. The van der Waals surface area contributed by atoms with Crippen LogP contribution < -0.4 is 31.9 Å². The van der Waals surface area contributed by atoms with Crippen LogP contribution >= 0.6 is 0 Å². The van der Waals surface area contributed by atoms with Crippen molar-refractivity contribution in [3.05, 3.63) is 143 Å². The predicted octanol–water partition coefficient (Wildman–Crippen LogP) is 8.22. The summed E-state index contributed by atoms with van der Waals surface area (Å²) >= 11 is 0. The second-order valence-electron chi connectivity index (χ2n) is 35.4. The summed E-state index contributed by atoms with van der Waals surface area (Å²) in [4.78, 5) is 152. The fourth-order valence-corrected chi connectivity index (χ4v) is 18.1. The van der Waals surface area contributed by atoms with Gasteiger partial charge < -0.3 is 99.5 Å². The zero-order valence-electron chi connectivity index (χ0n) is 77.2. The van der Waals surface area contributed by atoms with Crippen LogP contribution in [0.1, 0.15) is 164 Å². The number of nitrogens with one attached hydrogen (secondary N) is 3. The van der Waals surface area contributed by atoms with E-state index in [0.717, 1.165) is 39.7 Å². The molecule has 2 bridgehead atoms. The average molecular weight is 1840 g/mol. The highest BCUT2D eigenvalue weighted by Crippen LogP contribution is 2.37. The maximum Gasteiger partial charge on any atom is 0.407 e. The molecule has 13 atom stereocenters. The molecule has 5 aliphatic heterocycles. The SMILES string of the molecule is CO[C@H]1CC2CCCC(O2)C(=O)C(=O)N2CCCC[C@H]2C(=O)O[C@H](CC[C@@H]2CC[C@@H](OC(=O)NCc3cnc(N4CCN(c5ncc(C(=O)NCCOCCOCCOCCOCCC(=O)N6CCc7cc(Cn8nc(-c9cnc%10[nH]ccc%10c9)c9c(N)ncnc98)ccc7C6)c(N)n5)CC4)nc3)[C@H](OC)C2)CC(=O)[C@H](C)/C=C(\C)[C@@H](O)[C@@H](O)C(=O)[C@H](C)C[C@H](C)/C=C/C=C/C=C/1C. The number of H-pyrrole nitrogens is 1. The molecule has 13 rings (SSSR count). The molecule has 133 heavy (non-hydrogen) atoms. The molecule has 1 aliphatic carbocycles.